The standard InChI is InChI=1S/C17H17N3/c1-18-10-14-8-13(11-19-12-14)9-16-7-6-15-4-2-3-5-17(15)20-16/h2-8,11-12,18H,9-10H2,1H3. The van der Waals surface area contributed by atoms with Gasteiger partial charge < -0.3 is 5.32 Å². The van der Waals surface area contributed by atoms with Crippen LogP contribution in [0, 0.1) is 0 Å². The van der Waals surface area contributed by atoms with Gasteiger partial charge in [0.2, 0.25) is 0 Å². The zero-order valence-corrected chi connectivity index (χ0v) is 11.5. The third-order valence-corrected chi connectivity index (χ3v) is 3.27. The van der Waals surface area contributed by atoms with Crippen LogP contribution in [-0.2, 0) is 13.0 Å². The molecule has 0 bridgehead atoms. The van der Waals surface area contributed by atoms with Crippen molar-refractivity contribution in [3.8, 4) is 0 Å². The van der Waals surface area contributed by atoms with Crippen molar-refractivity contribution in [2.45, 2.75) is 13.0 Å². The summed E-state index contributed by atoms with van der Waals surface area (Å²) in [6, 6.07) is 14.6. The molecule has 0 unspecified atom stereocenters. The van der Waals surface area contributed by atoms with E-state index in [1.165, 1.54) is 16.5 Å². The third-order valence-electron chi connectivity index (χ3n) is 3.27. The molecule has 0 aliphatic carbocycles. The quantitative estimate of drug-likeness (QED) is 0.786. The van der Waals surface area contributed by atoms with Gasteiger partial charge in [0.25, 0.3) is 0 Å². The Kier molecular flexibility index (Phi) is 3.70. The lowest BCUT2D eigenvalue weighted by Crippen LogP contribution is -2.06. The Bertz CT molecular complexity index is 722. The Labute approximate surface area is 118 Å². The molecular weight excluding hydrogens is 246 g/mol. The van der Waals surface area contributed by atoms with Gasteiger partial charge >= 0.3 is 0 Å². The smallest absolute Gasteiger partial charge is 0.0705 e. The molecular formula is C17H17N3. The van der Waals surface area contributed by atoms with Gasteiger partial charge in [0.15, 0.2) is 0 Å². The Morgan fingerprint density at radius 2 is 1.85 bits per heavy atom. The van der Waals surface area contributed by atoms with Crippen LogP contribution >= 0.6 is 0 Å². The Morgan fingerprint density at radius 3 is 2.75 bits per heavy atom. The summed E-state index contributed by atoms with van der Waals surface area (Å²) < 4.78 is 0. The topological polar surface area (TPSA) is 37.8 Å². The summed E-state index contributed by atoms with van der Waals surface area (Å²) in [5, 5.41) is 4.32. The summed E-state index contributed by atoms with van der Waals surface area (Å²) in [5.41, 5.74) is 4.52. The molecule has 2 aromatic heterocycles. The van der Waals surface area contributed by atoms with Crippen molar-refractivity contribution in [1.29, 1.82) is 0 Å². The van der Waals surface area contributed by atoms with Gasteiger partial charge in [-0.25, -0.2) is 0 Å². The van der Waals surface area contributed by atoms with E-state index in [-0.39, 0.29) is 0 Å². The Morgan fingerprint density at radius 1 is 1.00 bits per heavy atom. The van der Waals surface area contributed by atoms with Gasteiger partial charge in [-0.2, -0.15) is 0 Å². The fourth-order valence-electron chi connectivity index (χ4n) is 2.35. The van der Waals surface area contributed by atoms with Gasteiger partial charge in [-0.15, -0.1) is 0 Å². The van der Waals surface area contributed by atoms with Crippen molar-refractivity contribution < 1.29 is 0 Å². The number of hydrogen-bond acceptors (Lipinski definition) is 3. The molecule has 1 aromatic carbocycles. The number of nitrogens with zero attached hydrogens (tertiary/aromatic N) is 2. The molecule has 0 aliphatic rings. The third kappa shape index (κ3) is 2.83. The fraction of sp³-hybridized carbons (Fsp3) is 0.176. The molecule has 20 heavy (non-hydrogen) atoms. The predicted octanol–water partition coefficient (Wildman–Crippen LogP) is 2.94. The van der Waals surface area contributed by atoms with E-state index in [0.717, 1.165) is 24.2 Å². The second-order valence-corrected chi connectivity index (χ2v) is 4.90. The van der Waals surface area contributed by atoms with Crippen LogP contribution in [0.15, 0.2) is 54.9 Å². The first-order valence-corrected chi connectivity index (χ1v) is 6.77. The summed E-state index contributed by atoms with van der Waals surface area (Å²) >= 11 is 0. The van der Waals surface area contributed by atoms with Crippen LogP contribution in [0.25, 0.3) is 10.9 Å². The fourth-order valence-corrected chi connectivity index (χ4v) is 2.35. The SMILES string of the molecule is CNCc1cncc(Cc2ccc3ccccc3n2)c1. The summed E-state index contributed by atoms with van der Waals surface area (Å²) in [4.78, 5) is 9.00. The molecule has 0 fully saturated rings. The first-order chi connectivity index (χ1) is 9.85. The average molecular weight is 263 g/mol. The van der Waals surface area contributed by atoms with Crippen molar-refractivity contribution in [3.05, 3.63) is 71.7 Å². The van der Waals surface area contributed by atoms with Crippen LogP contribution in [0.1, 0.15) is 16.8 Å². The number of rotatable bonds is 4. The molecule has 0 spiro atoms. The van der Waals surface area contributed by atoms with Gasteiger partial charge in [0.05, 0.1) is 5.52 Å². The molecule has 0 radical (unpaired) electrons. The number of benzene rings is 1. The van der Waals surface area contributed by atoms with Crippen LogP contribution < -0.4 is 5.32 Å². The number of para-hydroxylation sites is 1. The number of pyridine rings is 2. The van der Waals surface area contributed by atoms with Crippen molar-refractivity contribution in [1.82, 2.24) is 15.3 Å². The molecule has 0 aliphatic heterocycles. The molecule has 100 valence electrons. The molecule has 0 saturated carbocycles. The van der Waals surface area contributed by atoms with E-state index in [1.54, 1.807) is 0 Å². The maximum absolute atomic E-state index is 4.70. The van der Waals surface area contributed by atoms with Crippen molar-refractivity contribution in [2.75, 3.05) is 7.05 Å². The molecule has 0 saturated heterocycles. The van der Waals surface area contributed by atoms with Gasteiger partial charge in [-0.05, 0) is 30.3 Å². The zero-order chi connectivity index (χ0) is 13.8. The highest BCUT2D eigenvalue weighted by molar-refractivity contribution is 5.78. The minimum Gasteiger partial charge on any atom is -0.316 e. The second-order valence-electron chi connectivity index (χ2n) is 4.90. The zero-order valence-electron chi connectivity index (χ0n) is 11.5. The Balaban J connectivity index is 1.87. The van der Waals surface area contributed by atoms with Gasteiger partial charge in [-0.1, -0.05) is 30.3 Å². The van der Waals surface area contributed by atoms with Crippen molar-refractivity contribution in [2.24, 2.45) is 0 Å². The summed E-state index contributed by atoms with van der Waals surface area (Å²) in [6.45, 7) is 0.839. The van der Waals surface area contributed by atoms with Gasteiger partial charge in [0, 0.05) is 36.4 Å². The van der Waals surface area contributed by atoms with E-state index < -0.39 is 0 Å². The van der Waals surface area contributed by atoms with E-state index >= 15 is 0 Å². The van der Waals surface area contributed by atoms with Crippen LogP contribution in [0.3, 0.4) is 0 Å². The summed E-state index contributed by atoms with van der Waals surface area (Å²) in [7, 11) is 1.94. The summed E-state index contributed by atoms with van der Waals surface area (Å²) in [5.74, 6) is 0. The first kappa shape index (κ1) is 12.8. The predicted molar refractivity (Wildman–Crippen MR) is 81.5 cm³/mol. The molecule has 3 aromatic rings. The average Bonchev–Trinajstić information content (AvgIpc) is 2.48. The second kappa shape index (κ2) is 5.80. The lowest BCUT2D eigenvalue weighted by molar-refractivity contribution is 0.810. The minimum atomic E-state index is 0.815. The van der Waals surface area contributed by atoms with E-state index in [9.17, 15) is 0 Å². The minimum absolute atomic E-state index is 0.815. The maximum atomic E-state index is 4.70. The Hall–Kier alpha value is -2.26. The van der Waals surface area contributed by atoms with Gasteiger partial charge in [0.1, 0.15) is 0 Å². The first-order valence-electron chi connectivity index (χ1n) is 6.77. The van der Waals surface area contributed by atoms with Crippen molar-refractivity contribution in [3.63, 3.8) is 0 Å². The van der Waals surface area contributed by atoms with Crippen LogP contribution in [0.4, 0.5) is 0 Å². The molecule has 2 heterocycles. The molecule has 0 atom stereocenters. The lowest BCUT2D eigenvalue weighted by atomic mass is 10.1. The molecule has 0 amide bonds. The highest BCUT2D eigenvalue weighted by atomic mass is 14.8. The lowest BCUT2D eigenvalue weighted by Gasteiger charge is -2.05. The van der Waals surface area contributed by atoms with Crippen LogP contribution in [0.5, 0.6) is 0 Å². The molecule has 3 nitrogen and oxygen atoms in total. The molecule has 3 heteroatoms. The largest absolute Gasteiger partial charge is 0.316 e. The normalized spacial score (nSPS) is 10.8. The summed E-state index contributed by atoms with van der Waals surface area (Å²) in [6.07, 6.45) is 4.62. The number of nitrogens with one attached hydrogen (secondary N) is 1. The maximum Gasteiger partial charge on any atom is 0.0705 e. The van der Waals surface area contributed by atoms with E-state index in [2.05, 4.69) is 40.6 Å². The van der Waals surface area contributed by atoms with Crippen LogP contribution in [0.2, 0.25) is 0 Å². The highest BCUT2D eigenvalue weighted by Gasteiger charge is 2.02. The monoisotopic (exact) mass is 263 g/mol. The number of fused-ring (bicyclic) bond motifs is 1. The van der Waals surface area contributed by atoms with E-state index in [1.807, 2.05) is 31.6 Å². The van der Waals surface area contributed by atoms with Crippen molar-refractivity contribution >= 4 is 10.9 Å². The van der Waals surface area contributed by atoms with Gasteiger partial charge in [-0.3, -0.25) is 9.97 Å². The number of hydrogen-bond donors (Lipinski definition) is 1. The van der Waals surface area contributed by atoms with Crippen LogP contribution in [-0.4, -0.2) is 17.0 Å². The van der Waals surface area contributed by atoms with E-state index in [0.29, 0.717) is 0 Å². The highest BCUT2D eigenvalue weighted by Crippen LogP contribution is 2.14. The molecule has 1 N–H and O–H groups in total. The molecule has 3 rings (SSSR count). The number of aromatic nitrogens is 2. The van der Waals surface area contributed by atoms with E-state index in [4.69, 9.17) is 4.98 Å².